The molecule has 1 aliphatic carbocycles. The van der Waals surface area contributed by atoms with Crippen molar-refractivity contribution in [2.75, 3.05) is 44.3 Å². The number of nitrogens with zero attached hydrogens (tertiary/aromatic N) is 5. The average Bonchev–Trinajstić information content (AvgIpc) is 3.37. The van der Waals surface area contributed by atoms with Gasteiger partial charge >= 0.3 is 0 Å². The number of aromatic nitrogens is 5. The molecule has 4 aromatic rings. The third-order valence-corrected chi connectivity index (χ3v) is 7.08. The first-order valence-electron chi connectivity index (χ1n) is 11.9. The van der Waals surface area contributed by atoms with Gasteiger partial charge in [0.05, 0.1) is 23.9 Å². The van der Waals surface area contributed by atoms with Gasteiger partial charge in [0, 0.05) is 67.6 Å². The zero-order valence-corrected chi connectivity index (χ0v) is 18.4. The lowest BCUT2D eigenvalue weighted by atomic mass is 10.0. The highest BCUT2D eigenvalue weighted by atomic mass is 16.5. The molecule has 33 heavy (non-hydrogen) atoms. The van der Waals surface area contributed by atoms with Crippen LogP contribution in [0.5, 0.6) is 0 Å². The highest BCUT2D eigenvalue weighted by Crippen LogP contribution is 2.45. The van der Waals surface area contributed by atoms with Crippen molar-refractivity contribution in [1.29, 1.82) is 0 Å². The summed E-state index contributed by atoms with van der Waals surface area (Å²) in [5.74, 6) is 2.61. The molecule has 0 amide bonds. The van der Waals surface area contributed by atoms with Gasteiger partial charge in [-0.25, -0.2) is 9.97 Å². The van der Waals surface area contributed by atoms with Gasteiger partial charge in [-0.05, 0) is 42.9 Å². The van der Waals surface area contributed by atoms with Crippen LogP contribution in [-0.2, 0) is 4.74 Å². The van der Waals surface area contributed by atoms with Crippen LogP contribution in [0.15, 0.2) is 18.5 Å². The monoisotopic (exact) mass is 439 g/mol. The van der Waals surface area contributed by atoms with Crippen LogP contribution in [0.3, 0.4) is 0 Å². The molecular formula is C25H25N7O. The summed E-state index contributed by atoms with van der Waals surface area (Å²) < 4.78 is 5.59. The molecule has 6 heterocycles. The maximum absolute atomic E-state index is 5.59. The normalized spacial score (nSPS) is 21.1. The first-order valence-corrected chi connectivity index (χ1v) is 11.9. The van der Waals surface area contributed by atoms with Crippen LogP contribution < -0.4 is 10.2 Å². The molecule has 2 N–H and O–H groups in total. The van der Waals surface area contributed by atoms with Gasteiger partial charge < -0.3 is 19.9 Å². The minimum atomic E-state index is 0.367. The van der Waals surface area contributed by atoms with Crippen molar-refractivity contribution >= 4 is 27.8 Å². The van der Waals surface area contributed by atoms with Crippen molar-refractivity contribution in [3.8, 4) is 11.4 Å². The number of anilines is 1. The molecule has 3 fully saturated rings. The van der Waals surface area contributed by atoms with Crippen molar-refractivity contribution in [1.82, 2.24) is 30.2 Å². The van der Waals surface area contributed by atoms with Crippen LogP contribution in [0.2, 0.25) is 0 Å². The maximum atomic E-state index is 5.59. The molecule has 1 saturated carbocycles. The van der Waals surface area contributed by atoms with Gasteiger partial charge in [-0.2, -0.15) is 4.98 Å². The molecule has 7 rings (SSSR count). The number of H-pyrrole nitrogens is 1. The smallest absolute Gasteiger partial charge is 0.171 e. The number of hydrogen-bond acceptors (Lipinski definition) is 7. The first-order chi connectivity index (χ1) is 16.3. The van der Waals surface area contributed by atoms with E-state index in [1.54, 1.807) is 0 Å². The fraction of sp³-hybridized carbons (Fsp3) is 0.440. The molecule has 0 spiro atoms. The molecule has 4 aromatic heterocycles. The minimum Gasteiger partial charge on any atom is -0.381 e. The van der Waals surface area contributed by atoms with Gasteiger partial charge in [0.1, 0.15) is 11.5 Å². The number of rotatable bonds is 4. The molecule has 3 aliphatic rings. The molecule has 0 aromatic carbocycles. The lowest BCUT2D eigenvalue weighted by Crippen LogP contribution is -2.44. The second-order valence-corrected chi connectivity index (χ2v) is 9.28. The van der Waals surface area contributed by atoms with E-state index in [4.69, 9.17) is 14.7 Å². The van der Waals surface area contributed by atoms with Crippen molar-refractivity contribution in [2.24, 2.45) is 0 Å². The fourth-order valence-corrected chi connectivity index (χ4v) is 5.14. The summed E-state index contributed by atoms with van der Waals surface area (Å²) >= 11 is 0. The number of ether oxygens (including phenoxy) is 1. The molecule has 2 saturated heterocycles. The third kappa shape index (κ3) is 3.31. The van der Waals surface area contributed by atoms with E-state index in [1.165, 1.54) is 18.4 Å². The van der Waals surface area contributed by atoms with Crippen molar-refractivity contribution in [3.63, 3.8) is 0 Å². The molecular weight excluding hydrogens is 414 g/mol. The zero-order valence-electron chi connectivity index (χ0n) is 18.4. The maximum Gasteiger partial charge on any atom is 0.171 e. The largest absolute Gasteiger partial charge is 0.381 e. The Morgan fingerprint density at radius 3 is 2.79 bits per heavy atom. The highest BCUT2D eigenvalue weighted by Gasteiger charge is 2.29. The van der Waals surface area contributed by atoms with Gasteiger partial charge in [-0.15, -0.1) is 0 Å². The molecule has 2 aliphatic heterocycles. The Kier molecular flexibility index (Phi) is 4.45. The van der Waals surface area contributed by atoms with E-state index >= 15 is 0 Å². The van der Waals surface area contributed by atoms with Crippen LogP contribution in [0, 0.1) is 12.3 Å². The molecule has 1 atom stereocenters. The summed E-state index contributed by atoms with van der Waals surface area (Å²) in [5.41, 5.74) is 4.95. The molecule has 0 bridgehead atoms. The number of nitrogens with one attached hydrogen (secondary N) is 2. The van der Waals surface area contributed by atoms with E-state index in [0.29, 0.717) is 17.7 Å². The molecule has 8 nitrogen and oxygen atoms in total. The van der Waals surface area contributed by atoms with Gasteiger partial charge in [0.15, 0.2) is 5.82 Å². The van der Waals surface area contributed by atoms with E-state index < -0.39 is 0 Å². The van der Waals surface area contributed by atoms with E-state index in [-0.39, 0.29) is 0 Å². The topological polar surface area (TPSA) is 91.8 Å². The fourth-order valence-electron chi connectivity index (χ4n) is 5.14. The SMILES string of the molecule is c1nc2[nH]c(C3CCOC3)cc2c(-c2nc(N3CCNCC3)c3c(C4CC4)cncc3n2)c#1. The number of hydrogen-bond donors (Lipinski definition) is 2. The van der Waals surface area contributed by atoms with Crippen LogP contribution in [0.25, 0.3) is 33.3 Å². The van der Waals surface area contributed by atoms with E-state index in [2.05, 4.69) is 43.5 Å². The van der Waals surface area contributed by atoms with Crippen molar-refractivity contribution in [2.45, 2.75) is 31.1 Å². The summed E-state index contributed by atoms with van der Waals surface area (Å²) in [6.07, 6.45) is 10.3. The zero-order chi connectivity index (χ0) is 21.8. The van der Waals surface area contributed by atoms with Crippen LogP contribution >= 0.6 is 0 Å². The lowest BCUT2D eigenvalue weighted by Gasteiger charge is -2.30. The average molecular weight is 440 g/mol. The van der Waals surface area contributed by atoms with Crippen molar-refractivity contribution < 1.29 is 4.74 Å². The quantitative estimate of drug-likeness (QED) is 0.505. The summed E-state index contributed by atoms with van der Waals surface area (Å²) in [4.78, 5) is 25.0. The highest BCUT2D eigenvalue weighted by molar-refractivity contribution is 5.97. The predicted octanol–water partition coefficient (Wildman–Crippen LogP) is 2.96. The van der Waals surface area contributed by atoms with Gasteiger partial charge in [-0.3, -0.25) is 4.98 Å². The van der Waals surface area contributed by atoms with Gasteiger partial charge in [0.25, 0.3) is 0 Å². The lowest BCUT2D eigenvalue weighted by molar-refractivity contribution is 0.193. The second-order valence-electron chi connectivity index (χ2n) is 9.28. The first kappa shape index (κ1) is 19.2. The van der Waals surface area contributed by atoms with E-state index in [0.717, 1.165) is 84.8 Å². The Morgan fingerprint density at radius 2 is 1.97 bits per heavy atom. The molecule has 8 heteroatoms. The Bertz CT molecular complexity index is 1330. The minimum absolute atomic E-state index is 0.367. The van der Waals surface area contributed by atoms with Crippen LogP contribution in [-0.4, -0.2) is 64.3 Å². The van der Waals surface area contributed by atoms with Crippen LogP contribution in [0.1, 0.15) is 42.4 Å². The van der Waals surface area contributed by atoms with Gasteiger partial charge in [-0.1, -0.05) is 0 Å². The van der Waals surface area contributed by atoms with Crippen molar-refractivity contribution in [3.05, 3.63) is 42.0 Å². The van der Waals surface area contributed by atoms with E-state index in [1.807, 2.05) is 12.4 Å². The Labute approximate surface area is 191 Å². The summed E-state index contributed by atoms with van der Waals surface area (Å²) in [6.45, 7) is 5.30. The number of piperazine rings is 1. The Morgan fingerprint density at radius 1 is 1.06 bits per heavy atom. The predicted molar refractivity (Wildman–Crippen MR) is 125 cm³/mol. The molecule has 166 valence electrons. The molecule has 1 unspecified atom stereocenters. The van der Waals surface area contributed by atoms with E-state index in [9.17, 15) is 0 Å². The standard InChI is InChI=1S/C25H25N7O/c1-2-15(1)19-12-27-13-21-22(19)25(32-8-6-26-7-9-32)31-24(30-21)17-3-5-28-23-18(17)11-20(29-23)16-4-10-33-14-16/h11-13,15-16,26H,1-2,4,6-10,14H2,(H,28,29). The second kappa shape index (κ2) is 7.65. The number of fused-ring (bicyclic) bond motifs is 2. The third-order valence-electron chi connectivity index (χ3n) is 7.08. The summed E-state index contributed by atoms with van der Waals surface area (Å²) in [6, 6.07) is 5.38. The molecule has 0 radical (unpaired) electrons. The number of aromatic amines is 1. The van der Waals surface area contributed by atoms with Gasteiger partial charge in [0.2, 0.25) is 0 Å². The van der Waals surface area contributed by atoms with Crippen LogP contribution in [0.4, 0.5) is 5.82 Å². The number of pyridine rings is 1. The Hall–Kier alpha value is -3.28. The summed E-state index contributed by atoms with van der Waals surface area (Å²) in [7, 11) is 0. The summed E-state index contributed by atoms with van der Waals surface area (Å²) in [5, 5.41) is 5.59. The Balaban J connectivity index is 1.42.